The molecule has 1 atom stereocenters. The summed E-state index contributed by atoms with van der Waals surface area (Å²) in [6.07, 6.45) is 0. The van der Waals surface area contributed by atoms with Gasteiger partial charge in [0.25, 0.3) is 0 Å². The first kappa shape index (κ1) is 12.7. The van der Waals surface area contributed by atoms with Crippen molar-refractivity contribution in [2.45, 2.75) is 31.9 Å². The summed E-state index contributed by atoms with van der Waals surface area (Å²) in [5, 5.41) is 9.18. The van der Waals surface area contributed by atoms with E-state index in [2.05, 4.69) is 6.07 Å². The topological polar surface area (TPSA) is 59.0 Å². The Hall–Kier alpha value is -1.37. The highest BCUT2D eigenvalue weighted by atomic mass is 16.5. The van der Waals surface area contributed by atoms with Crippen LogP contribution in [0.15, 0.2) is 30.3 Å². The molecule has 0 radical (unpaired) electrons. The quantitative estimate of drug-likeness (QED) is 0.846. The molecule has 1 rings (SSSR count). The second kappa shape index (κ2) is 4.65. The van der Waals surface area contributed by atoms with Crippen molar-refractivity contribution in [2.75, 3.05) is 6.61 Å². The molecule has 1 aromatic rings. The van der Waals surface area contributed by atoms with Crippen LogP contribution in [-0.2, 0) is 10.3 Å². The maximum absolute atomic E-state index is 9.18. The van der Waals surface area contributed by atoms with Gasteiger partial charge in [0.15, 0.2) is 5.54 Å². The first-order valence-electron chi connectivity index (χ1n) is 5.27. The Morgan fingerprint density at radius 1 is 1.25 bits per heavy atom. The van der Waals surface area contributed by atoms with Crippen LogP contribution in [0.2, 0.25) is 0 Å². The van der Waals surface area contributed by atoms with Gasteiger partial charge in [-0.1, -0.05) is 30.3 Å². The molecule has 0 bridgehead atoms. The number of benzene rings is 1. The summed E-state index contributed by atoms with van der Waals surface area (Å²) in [4.78, 5) is 0. The lowest BCUT2D eigenvalue weighted by atomic mass is 9.93. The molecule has 0 amide bonds. The van der Waals surface area contributed by atoms with Gasteiger partial charge in [-0.05, 0) is 26.3 Å². The third kappa shape index (κ3) is 3.34. The minimum absolute atomic E-state index is 0.191. The van der Waals surface area contributed by atoms with Crippen LogP contribution in [0, 0.1) is 11.3 Å². The van der Waals surface area contributed by atoms with Crippen LogP contribution in [0.25, 0.3) is 0 Å². The van der Waals surface area contributed by atoms with Crippen LogP contribution in [0.5, 0.6) is 0 Å². The van der Waals surface area contributed by atoms with Crippen molar-refractivity contribution in [1.82, 2.24) is 0 Å². The fourth-order valence-electron chi connectivity index (χ4n) is 1.25. The molecule has 0 aliphatic rings. The number of nitrogens with two attached hydrogens (primary N) is 1. The number of ether oxygens (including phenoxy) is 1. The summed E-state index contributed by atoms with van der Waals surface area (Å²) >= 11 is 0. The van der Waals surface area contributed by atoms with E-state index in [1.807, 2.05) is 51.1 Å². The number of hydrogen-bond donors (Lipinski definition) is 1. The molecule has 0 aliphatic carbocycles. The molecule has 0 heterocycles. The smallest absolute Gasteiger partial charge is 0.153 e. The summed E-state index contributed by atoms with van der Waals surface area (Å²) in [5.74, 6) is 0. The second-order valence-electron chi connectivity index (χ2n) is 4.85. The van der Waals surface area contributed by atoms with Crippen molar-refractivity contribution in [3.05, 3.63) is 35.9 Å². The van der Waals surface area contributed by atoms with Gasteiger partial charge in [0, 0.05) is 0 Å². The van der Waals surface area contributed by atoms with Gasteiger partial charge in [0.1, 0.15) is 0 Å². The molecule has 0 saturated heterocycles. The van der Waals surface area contributed by atoms with Crippen LogP contribution < -0.4 is 5.73 Å². The van der Waals surface area contributed by atoms with Crippen LogP contribution in [0.1, 0.15) is 26.3 Å². The Balaban J connectivity index is 2.84. The standard InChI is InChI=1S/C13H18N2O/c1-12(2,3)16-10-13(15,9-14)11-7-5-4-6-8-11/h4-8H,10,15H2,1-3H3. The Morgan fingerprint density at radius 2 is 1.81 bits per heavy atom. The molecule has 1 aromatic carbocycles. The van der Waals surface area contributed by atoms with E-state index < -0.39 is 5.54 Å². The van der Waals surface area contributed by atoms with Gasteiger partial charge in [0.05, 0.1) is 18.3 Å². The van der Waals surface area contributed by atoms with E-state index in [1.54, 1.807) is 0 Å². The number of nitrogens with zero attached hydrogens (tertiary/aromatic N) is 1. The predicted octanol–water partition coefficient (Wildman–Crippen LogP) is 2.18. The van der Waals surface area contributed by atoms with Gasteiger partial charge in [-0.25, -0.2) is 0 Å². The normalized spacial score (nSPS) is 15.2. The van der Waals surface area contributed by atoms with Crippen molar-refractivity contribution in [3.63, 3.8) is 0 Å². The molecule has 86 valence electrons. The SMILES string of the molecule is CC(C)(C)OCC(N)(C#N)c1ccccc1. The molecule has 0 aliphatic heterocycles. The van der Waals surface area contributed by atoms with E-state index in [9.17, 15) is 5.26 Å². The van der Waals surface area contributed by atoms with E-state index in [4.69, 9.17) is 10.5 Å². The average molecular weight is 218 g/mol. The third-order valence-corrected chi connectivity index (χ3v) is 2.22. The highest BCUT2D eigenvalue weighted by molar-refractivity contribution is 5.30. The van der Waals surface area contributed by atoms with E-state index >= 15 is 0 Å². The zero-order valence-electron chi connectivity index (χ0n) is 10.0. The number of nitriles is 1. The van der Waals surface area contributed by atoms with Crippen molar-refractivity contribution in [1.29, 1.82) is 5.26 Å². The highest BCUT2D eigenvalue weighted by Gasteiger charge is 2.29. The van der Waals surface area contributed by atoms with Gasteiger partial charge in [-0.3, -0.25) is 0 Å². The first-order chi connectivity index (χ1) is 7.37. The minimum Gasteiger partial charge on any atom is -0.372 e. The van der Waals surface area contributed by atoms with Crippen LogP contribution in [0.3, 0.4) is 0 Å². The monoisotopic (exact) mass is 218 g/mol. The third-order valence-electron chi connectivity index (χ3n) is 2.22. The van der Waals surface area contributed by atoms with Crippen molar-refractivity contribution in [3.8, 4) is 6.07 Å². The van der Waals surface area contributed by atoms with Crippen molar-refractivity contribution >= 4 is 0 Å². The van der Waals surface area contributed by atoms with Crippen LogP contribution in [-0.4, -0.2) is 12.2 Å². The predicted molar refractivity (Wildman–Crippen MR) is 63.6 cm³/mol. The van der Waals surface area contributed by atoms with Gasteiger partial charge in [0.2, 0.25) is 0 Å². The van der Waals surface area contributed by atoms with Gasteiger partial charge < -0.3 is 10.5 Å². The lowest BCUT2D eigenvalue weighted by molar-refractivity contribution is -0.0207. The van der Waals surface area contributed by atoms with Crippen LogP contribution >= 0.6 is 0 Å². The Kier molecular flexibility index (Phi) is 3.69. The maximum atomic E-state index is 9.18. The lowest BCUT2D eigenvalue weighted by Crippen LogP contribution is -2.42. The van der Waals surface area contributed by atoms with Gasteiger partial charge in [-0.15, -0.1) is 0 Å². The average Bonchev–Trinajstić information content (AvgIpc) is 2.26. The fourth-order valence-corrected chi connectivity index (χ4v) is 1.25. The minimum atomic E-state index is -1.07. The molecule has 2 N–H and O–H groups in total. The molecule has 1 unspecified atom stereocenters. The largest absolute Gasteiger partial charge is 0.372 e. The molecule has 3 nitrogen and oxygen atoms in total. The summed E-state index contributed by atoms with van der Waals surface area (Å²) in [5.41, 5.74) is 5.45. The van der Waals surface area contributed by atoms with Crippen LogP contribution in [0.4, 0.5) is 0 Å². The van der Waals surface area contributed by atoms with Crippen molar-refractivity contribution < 1.29 is 4.74 Å². The van der Waals surface area contributed by atoms with E-state index in [0.29, 0.717) is 0 Å². The van der Waals surface area contributed by atoms with Gasteiger partial charge >= 0.3 is 0 Å². The zero-order valence-corrected chi connectivity index (χ0v) is 10.0. The Morgan fingerprint density at radius 3 is 2.25 bits per heavy atom. The molecule has 0 fully saturated rings. The molecular weight excluding hydrogens is 200 g/mol. The lowest BCUT2D eigenvalue weighted by Gasteiger charge is -2.27. The van der Waals surface area contributed by atoms with Crippen molar-refractivity contribution in [2.24, 2.45) is 5.73 Å². The van der Waals surface area contributed by atoms with E-state index in [1.165, 1.54) is 0 Å². The first-order valence-corrected chi connectivity index (χ1v) is 5.27. The maximum Gasteiger partial charge on any atom is 0.153 e. The molecule has 3 heteroatoms. The van der Waals surface area contributed by atoms with E-state index in [0.717, 1.165) is 5.56 Å². The zero-order chi connectivity index (χ0) is 12.2. The summed E-state index contributed by atoms with van der Waals surface area (Å²) < 4.78 is 5.59. The molecule has 0 saturated carbocycles. The molecule has 0 spiro atoms. The second-order valence-corrected chi connectivity index (χ2v) is 4.85. The summed E-state index contributed by atoms with van der Waals surface area (Å²) in [6.45, 7) is 6.01. The Labute approximate surface area is 96.8 Å². The Bertz CT molecular complexity index is 375. The van der Waals surface area contributed by atoms with E-state index in [-0.39, 0.29) is 12.2 Å². The summed E-state index contributed by atoms with van der Waals surface area (Å²) in [6, 6.07) is 11.4. The fraction of sp³-hybridized carbons (Fsp3) is 0.462. The number of rotatable bonds is 3. The molecular formula is C13H18N2O. The number of hydrogen-bond acceptors (Lipinski definition) is 3. The molecule has 0 aromatic heterocycles. The highest BCUT2D eigenvalue weighted by Crippen LogP contribution is 2.20. The molecule has 16 heavy (non-hydrogen) atoms. The summed E-state index contributed by atoms with van der Waals surface area (Å²) in [7, 11) is 0. The van der Waals surface area contributed by atoms with Gasteiger partial charge in [-0.2, -0.15) is 5.26 Å².